The lowest BCUT2D eigenvalue weighted by Crippen LogP contribution is -1.95. The van der Waals surface area contributed by atoms with Gasteiger partial charge < -0.3 is 10.8 Å². The minimum atomic E-state index is -0.630. The molecule has 8 nitrogen and oxygen atoms in total. The van der Waals surface area contributed by atoms with E-state index in [1.54, 1.807) is 25.1 Å². The third kappa shape index (κ3) is 4.46. The van der Waals surface area contributed by atoms with E-state index in [4.69, 9.17) is 10.8 Å². The number of hydrogen-bond acceptors (Lipinski definition) is 6. The normalized spacial score (nSPS) is 9.38. The molecule has 0 radical (unpaired) electrons. The van der Waals surface area contributed by atoms with Crippen LogP contribution in [0.1, 0.15) is 5.56 Å². The van der Waals surface area contributed by atoms with E-state index in [2.05, 4.69) is 0 Å². The molecule has 0 aliphatic carbocycles. The van der Waals surface area contributed by atoms with E-state index < -0.39 is 9.85 Å². The van der Waals surface area contributed by atoms with Crippen molar-refractivity contribution < 1.29 is 15.0 Å². The van der Waals surface area contributed by atoms with Gasteiger partial charge in [-0.3, -0.25) is 20.2 Å². The van der Waals surface area contributed by atoms with Gasteiger partial charge in [0.1, 0.15) is 11.4 Å². The van der Waals surface area contributed by atoms with E-state index >= 15 is 0 Å². The molecule has 0 spiro atoms. The van der Waals surface area contributed by atoms with Crippen molar-refractivity contribution in [3.63, 3.8) is 0 Å². The second-order valence-electron chi connectivity index (χ2n) is 4.05. The lowest BCUT2D eigenvalue weighted by molar-refractivity contribution is -0.384. The monoisotopic (exact) mass is 291 g/mol. The van der Waals surface area contributed by atoms with Crippen molar-refractivity contribution in [1.29, 1.82) is 0 Å². The highest BCUT2D eigenvalue weighted by Crippen LogP contribution is 2.28. The van der Waals surface area contributed by atoms with Gasteiger partial charge in [0.05, 0.1) is 15.9 Å². The summed E-state index contributed by atoms with van der Waals surface area (Å²) in [6.07, 6.45) is 0. The molecule has 0 saturated heterocycles. The van der Waals surface area contributed by atoms with Crippen LogP contribution in [0, 0.1) is 27.2 Å². The Bertz CT molecular complexity index is 658. The van der Waals surface area contributed by atoms with E-state index in [1.165, 1.54) is 18.2 Å². The number of nitrogen functional groups attached to an aromatic ring is 1. The largest absolute Gasteiger partial charge is 0.507 e. The van der Waals surface area contributed by atoms with Crippen LogP contribution in [-0.2, 0) is 0 Å². The fourth-order valence-corrected chi connectivity index (χ4v) is 1.42. The van der Waals surface area contributed by atoms with Crippen molar-refractivity contribution in [3.8, 4) is 5.75 Å². The van der Waals surface area contributed by atoms with Gasteiger partial charge in [0.2, 0.25) is 0 Å². The smallest absolute Gasteiger partial charge is 0.295 e. The molecule has 0 saturated carbocycles. The number of hydrogen-bond donors (Lipinski definition) is 2. The molecule has 0 heterocycles. The van der Waals surface area contributed by atoms with Crippen molar-refractivity contribution in [2.45, 2.75) is 6.92 Å². The Balaban J connectivity index is 0.000000219. The van der Waals surface area contributed by atoms with Gasteiger partial charge >= 0.3 is 0 Å². The quantitative estimate of drug-likeness (QED) is 0.378. The fourth-order valence-electron chi connectivity index (χ4n) is 1.42. The second kappa shape index (κ2) is 6.85. The van der Waals surface area contributed by atoms with E-state index in [0.29, 0.717) is 5.56 Å². The zero-order chi connectivity index (χ0) is 16.0. The van der Waals surface area contributed by atoms with Crippen molar-refractivity contribution in [3.05, 3.63) is 68.3 Å². The fraction of sp³-hybridized carbons (Fsp3) is 0.0769. The summed E-state index contributed by atoms with van der Waals surface area (Å²) in [5.74, 6) is -0.115. The minimum Gasteiger partial charge on any atom is -0.507 e. The predicted molar refractivity (Wildman–Crippen MR) is 77.0 cm³/mol. The number of benzene rings is 2. The highest BCUT2D eigenvalue weighted by atomic mass is 16.6. The van der Waals surface area contributed by atoms with Crippen LogP contribution in [-0.4, -0.2) is 15.0 Å². The molecule has 8 heteroatoms. The number of nitro groups is 2. The first-order chi connectivity index (χ1) is 9.82. The summed E-state index contributed by atoms with van der Waals surface area (Å²) >= 11 is 0. The number of phenolic OH excluding ortho intramolecular Hbond substituents is 1. The molecule has 0 unspecified atom stereocenters. The van der Waals surface area contributed by atoms with Gasteiger partial charge in [0.15, 0.2) is 0 Å². The average molecular weight is 291 g/mol. The van der Waals surface area contributed by atoms with Crippen molar-refractivity contribution >= 4 is 17.1 Å². The molecule has 0 bridgehead atoms. The minimum absolute atomic E-state index is 0.0651. The van der Waals surface area contributed by atoms with Crippen molar-refractivity contribution in [1.82, 2.24) is 0 Å². The van der Waals surface area contributed by atoms with Crippen LogP contribution < -0.4 is 5.73 Å². The third-order valence-corrected chi connectivity index (χ3v) is 2.51. The Morgan fingerprint density at radius 2 is 1.62 bits per heavy atom. The molecule has 2 rings (SSSR count). The first kappa shape index (κ1) is 15.9. The summed E-state index contributed by atoms with van der Waals surface area (Å²) in [6.45, 7) is 1.62. The van der Waals surface area contributed by atoms with E-state index in [1.807, 2.05) is 0 Å². The number of aryl methyl sites for hydroxylation is 1. The molecular formula is C13H13N3O5. The molecule has 110 valence electrons. The molecule has 2 aromatic rings. The molecular weight excluding hydrogens is 278 g/mol. The number of para-hydroxylation sites is 1. The molecule has 0 aliphatic rings. The van der Waals surface area contributed by atoms with Crippen LogP contribution in [0.3, 0.4) is 0 Å². The standard InChI is InChI=1S/C7H8N2O3.C6H5NO2/c1-4-2-5(8)6(9(11)12)3-7(4)10;8-7(9)6-4-2-1-3-5-6/h2-3,10H,8H2,1H3;1-5H. The van der Waals surface area contributed by atoms with Crippen molar-refractivity contribution in [2.24, 2.45) is 0 Å². The Hall–Kier alpha value is -3.16. The SMILES string of the molecule is Cc1cc(N)c([N+](=O)[O-])cc1O.O=[N+]([O-])c1ccccc1. The number of nitrogens with zero attached hydrogens (tertiary/aromatic N) is 2. The maximum absolute atomic E-state index is 10.3. The van der Waals surface area contributed by atoms with Gasteiger partial charge in [0.25, 0.3) is 11.4 Å². The molecule has 0 aromatic heterocycles. The average Bonchev–Trinajstić information content (AvgIpc) is 2.44. The lowest BCUT2D eigenvalue weighted by atomic mass is 10.2. The Kier molecular flexibility index (Phi) is 5.18. The first-order valence-corrected chi connectivity index (χ1v) is 5.76. The second-order valence-corrected chi connectivity index (χ2v) is 4.05. The van der Waals surface area contributed by atoms with Gasteiger partial charge in [-0.1, -0.05) is 18.2 Å². The Morgan fingerprint density at radius 1 is 1.05 bits per heavy atom. The zero-order valence-electron chi connectivity index (χ0n) is 11.1. The molecule has 0 amide bonds. The van der Waals surface area contributed by atoms with Crippen LogP contribution in [0.15, 0.2) is 42.5 Å². The molecule has 3 N–H and O–H groups in total. The van der Waals surface area contributed by atoms with Crippen molar-refractivity contribution in [2.75, 3.05) is 5.73 Å². The van der Waals surface area contributed by atoms with Crippen LogP contribution >= 0.6 is 0 Å². The van der Waals surface area contributed by atoms with Crippen LogP contribution in [0.4, 0.5) is 17.1 Å². The summed E-state index contributed by atoms with van der Waals surface area (Å²) in [5.41, 5.74) is 5.80. The number of nitro benzene ring substituents is 2. The number of aromatic hydroxyl groups is 1. The number of non-ortho nitro benzene ring substituents is 1. The molecule has 21 heavy (non-hydrogen) atoms. The first-order valence-electron chi connectivity index (χ1n) is 5.76. The van der Waals surface area contributed by atoms with E-state index in [9.17, 15) is 20.2 Å². The van der Waals surface area contributed by atoms with Crippen LogP contribution in [0.25, 0.3) is 0 Å². The van der Waals surface area contributed by atoms with Gasteiger partial charge in [-0.15, -0.1) is 0 Å². The van der Waals surface area contributed by atoms with E-state index in [-0.39, 0.29) is 22.8 Å². The van der Waals surface area contributed by atoms with Gasteiger partial charge in [-0.05, 0) is 18.6 Å². The summed E-state index contributed by atoms with van der Waals surface area (Å²) < 4.78 is 0. The topological polar surface area (TPSA) is 133 Å². The van der Waals surface area contributed by atoms with E-state index in [0.717, 1.165) is 6.07 Å². The third-order valence-electron chi connectivity index (χ3n) is 2.51. The summed E-state index contributed by atoms with van der Waals surface area (Å²) in [7, 11) is 0. The molecule has 0 aliphatic heterocycles. The molecule has 0 atom stereocenters. The van der Waals surface area contributed by atoms with Crippen LogP contribution in [0.2, 0.25) is 0 Å². The van der Waals surface area contributed by atoms with Gasteiger partial charge in [-0.2, -0.15) is 0 Å². The maximum Gasteiger partial charge on any atom is 0.295 e. The summed E-state index contributed by atoms with van der Waals surface area (Å²) in [5, 5.41) is 29.4. The van der Waals surface area contributed by atoms with Gasteiger partial charge in [-0.25, -0.2) is 0 Å². The number of anilines is 1. The molecule has 2 aromatic carbocycles. The lowest BCUT2D eigenvalue weighted by Gasteiger charge is -2.00. The number of phenols is 1. The Morgan fingerprint density at radius 3 is 2.05 bits per heavy atom. The maximum atomic E-state index is 10.3. The molecule has 0 fully saturated rings. The Labute approximate surface area is 119 Å². The highest BCUT2D eigenvalue weighted by Gasteiger charge is 2.13. The number of nitrogens with two attached hydrogens (primary N) is 1. The zero-order valence-corrected chi connectivity index (χ0v) is 11.1. The highest BCUT2D eigenvalue weighted by molar-refractivity contribution is 5.62. The number of rotatable bonds is 2. The summed E-state index contributed by atoms with van der Waals surface area (Å²) in [4.78, 5) is 19.3. The van der Waals surface area contributed by atoms with Gasteiger partial charge in [0, 0.05) is 12.1 Å². The van der Waals surface area contributed by atoms with Crippen LogP contribution in [0.5, 0.6) is 5.75 Å². The summed E-state index contributed by atoms with van der Waals surface area (Å²) in [6, 6.07) is 10.3. The predicted octanol–water partition coefficient (Wildman–Crippen LogP) is 2.79.